The van der Waals surface area contributed by atoms with Crippen LogP contribution in [0.25, 0.3) is 0 Å². The van der Waals surface area contributed by atoms with E-state index in [1.165, 1.54) is 0 Å². The van der Waals surface area contributed by atoms with Gasteiger partial charge in [0.25, 0.3) is 0 Å². The first-order valence-electron chi connectivity index (χ1n) is 5.97. The van der Waals surface area contributed by atoms with Crippen molar-refractivity contribution < 1.29 is 9.50 Å². The molecular weight excluding hydrogens is 195 g/mol. The van der Waals surface area contributed by atoms with Crippen LogP contribution in [0.2, 0.25) is 0 Å². The number of nitrogens with zero attached hydrogens (tertiary/aromatic N) is 1. The molecule has 2 saturated heterocycles. The second kappa shape index (κ2) is 4.76. The van der Waals surface area contributed by atoms with Crippen molar-refractivity contribution in [3.05, 3.63) is 0 Å². The Kier molecular flexibility index (Phi) is 3.59. The molecule has 4 heteroatoms. The number of halogens is 1. The maximum absolute atomic E-state index is 13.2. The standard InChI is InChI=1S/C11H21FN2O/c12-10-2-1-7-14(8-10)9-11(15)3-5-13-6-4-11/h10,13,15H,1-9H2. The number of rotatable bonds is 2. The van der Waals surface area contributed by atoms with E-state index in [0.717, 1.165) is 38.9 Å². The molecule has 0 radical (unpaired) electrons. The minimum atomic E-state index is -0.691. The summed E-state index contributed by atoms with van der Waals surface area (Å²) < 4.78 is 13.2. The van der Waals surface area contributed by atoms with E-state index < -0.39 is 11.8 Å². The summed E-state index contributed by atoms with van der Waals surface area (Å²) in [5.74, 6) is 0. The molecule has 2 heterocycles. The molecule has 2 aliphatic heterocycles. The summed E-state index contributed by atoms with van der Waals surface area (Å²) in [6.45, 7) is 3.85. The number of nitrogens with one attached hydrogen (secondary N) is 1. The van der Waals surface area contributed by atoms with Crippen LogP contribution in [0.5, 0.6) is 0 Å². The molecule has 0 aromatic heterocycles. The molecule has 0 amide bonds. The largest absolute Gasteiger partial charge is 0.388 e. The highest BCUT2D eigenvalue weighted by Gasteiger charge is 2.32. The van der Waals surface area contributed by atoms with Crippen molar-refractivity contribution >= 4 is 0 Å². The van der Waals surface area contributed by atoms with Gasteiger partial charge in [-0.3, -0.25) is 4.90 Å². The summed E-state index contributed by atoms with van der Waals surface area (Å²) in [7, 11) is 0. The highest BCUT2D eigenvalue weighted by molar-refractivity contribution is 4.88. The number of hydrogen-bond acceptors (Lipinski definition) is 3. The molecule has 0 aromatic carbocycles. The first-order valence-corrected chi connectivity index (χ1v) is 5.97. The van der Waals surface area contributed by atoms with E-state index >= 15 is 0 Å². The lowest BCUT2D eigenvalue weighted by molar-refractivity contribution is -0.0313. The molecule has 15 heavy (non-hydrogen) atoms. The fourth-order valence-corrected chi connectivity index (χ4v) is 2.61. The third-order valence-corrected chi connectivity index (χ3v) is 3.50. The van der Waals surface area contributed by atoms with Gasteiger partial charge >= 0.3 is 0 Å². The van der Waals surface area contributed by atoms with E-state index in [2.05, 4.69) is 10.2 Å². The Bertz CT molecular complexity index is 207. The van der Waals surface area contributed by atoms with Crippen LogP contribution in [-0.2, 0) is 0 Å². The quantitative estimate of drug-likeness (QED) is 0.707. The Morgan fingerprint density at radius 3 is 2.80 bits per heavy atom. The summed E-state index contributed by atoms with van der Waals surface area (Å²) in [6.07, 6.45) is 2.51. The predicted octanol–water partition coefficient (Wildman–Crippen LogP) is 0.535. The zero-order valence-corrected chi connectivity index (χ0v) is 9.21. The van der Waals surface area contributed by atoms with E-state index in [0.29, 0.717) is 19.5 Å². The Morgan fingerprint density at radius 2 is 2.13 bits per heavy atom. The van der Waals surface area contributed by atoms with Gasteiger partial charge in [0.15, 0.2) is 0 Å². The van der Waals surface area contributed by atoms with Crippen LogP contribution < -0.4 is 5.32 Å². The second-order valence-electron chi connectivity index (χ2n) is 4.95. The van der Waals surface area contributed by atoms with Gasteiger partial charge in [-0.15, -0.1) is 0 Å². The van der Waals surface area contributed by atoms with Gasteiger partial charge in [0.1, 0.15) is 6.17 Å². The molecule has 0 spiro atoms. The second-order valence-corrected chi connectivity index (χ2v) is 4.95. The smallest absolute Gasteiger partial charge is 0.113 e. The Hall–Kier alpha value is -0.190. The van der Waals surface area contributed by atoms with Crippen LogP contribution >= 0.6 is 0 Å². The van der Waals surface area contributed by atoms with Gasteiger partial charge in [-0.1, -0.05) is 0 Å². The summed E-state index contributed by atoms with van der Waals surface area (Å²) in [5, 5.41) is 13.5. The molecule has 2 N–H and O–H groups in total. The molecular formula is C11H21FN2O. The zero-order valence-electron chi connectivity index (χ0n) is 9.21. The van der Waals surface area contributed by atoms with Crippen LogP contribution in [0.4, 0.5) is 4.39 Å². The fraction of sp³-hybridized carbons (Fsp3) is 1.00. The molecule has 1 unspecified atom stereocenters. The van der Waals surface area contributed by atoms with Gasteiger partial charge in [0.05, 0.1) is 5.60 Å². The van der Waals surface area contributed by atoms with Crippen molar-refractivity contribution in [2.75, 3.05) is 32.7 Å². The van der Waals surface area contributed by atoms with E-state index in [4.69, 9.17) is 0 Å². The molecule has 0 bridgehead atoms. The predicted molar refractivity (Wildman–Crippen MR) is 57.6 cm³/mol. The van der Waals surface area contributed by atoms with Crippen LogP contribution in [0, 0.1) is 0 Å². The molecule has 2 rings (SSSR count). The van der Waals surface area contributed by atoms with Gasteiger partial charge in [-0.2, -0.15) is 0 Å². The summed E-state index contributed by atoms with van der Waals surface area (Å²) >= 11 is 0. The third-order valence-electron chi connectivity index (χ3n) is 3.50. The topological polar surface area (TPSA) is 35.5 Å². The van der Waals surface area contributed by atoms with Gasteiger partial charge in [0.2, 0.25) is 0 Å². The summed E-state index contributed by atoms with van der Waals surface area (Å²) in [4.78, 5) is 2.08. The normalized spacial score (nSPS) is 32.8. The highest BCUT2D eigenvalue weighted by Crippen LogP contribution is 2.22. The van der Waals surface area contributed by atoms with Gasteiger partial charge < -0.3 is 10.4 Å². The Balaban J connectivity index is 1.83. The first-order chi connectivity index (χ1) is 7.18. The number of aliphatic hydroxyl groups is 1. The minimum Gasteiger partial charge on any atom is -0.388 e. The average molecular weight is 216 g/mol. The molecule has 0 saturated carbocycles. The Morgan fingerprint density at radius 1 is 1.40 bits per heavy atom. The van der Waals surface area contributed by atoms with Gasteiger partial charge in [0, 0.05) is 13.1 Å². The van der Waals surface area contributed by atoms with Gasteiger partial charge in [-0.05, 0) is 45.3 Å². The van der Waals surface area contributed by atoms with Crippen molar-refractivity contribution in [1.29, 1.82) is 0 Å². The average Bonchev–Trinajstić information content (AvgIpc) is 2.18. The van der Waals surface area contributed by atoms with Gasteiger partial charge in [-0.25, -0.2) is 4.39 Å². The Labute approximate surface area is 90.6 Å². The van der Waals surface area contributed by atoms with Crippen LogP contribution in [0.1, 0.15) is 25.7 Å². The molecule has 0 aliphatic carbocycles. The lowest BCUT2D eigenvalue weighted by Gasteiger charge is -2.39. The minimum absolute atomic E-state index is 0.510. The summed E-state index contributed by atoms with van der Waals surface area (Å²) in [5.41, 5.74) is -0.581. The molecule has 0 aromatic rings. The number of β-amino-alcohol motifs (C(OH)–C–C–N with tert-alkyl or cyclic N) is 1. The number of piperidine rings is 2. The molecule has 88 valence electrons. The van der Waals surface area contributed by atoms with Crippen molar-refractivity contribution in [1.82, 2.24) is 10.2 Å². The lowest BCUT2D eigenvalue weighted by Crippen LogP contribution is -2.52. The maximum atomic E-state index is 13.2. The van der Waals surface area contributed by atoms with Crippen molar-refractivity contribution in [3.8, 4) is 0 Å². The molecule has 2 fully saturated rings. The van der Waals surface area contributed by atoms with E-state index in [-0.39, 0.29) is 0 Å². The SMILES string of the molecule is OC1(CN2CCCC(F)C2)CCNCC1. The monoisotopic (exact) mass is 216 g/mol. The fourth-order valence-electron chi connectivity index (χ4n) is 2.61. The highest BCUT2D eigenvalue weighted by atomic mass is 19.1. The number of likely N-dealkylation sites (tertiary alicyclic amines) is 1. The van der Waals surface area contributed by atoms with Crippen molar-refractivity contribution in [3.63, 3.8) is 0 Å². The number of hydrogen-bond donors (Lipinski definition) is 2. The maximum Gasteiger partial charge on any atom is 0.113 e. The molecule has 2 aliphatic rings. The van der Waals surface area contributed by atoms with Crippen LogP contribution in [0.3, 0.4) is 0 Å². The third kappa shape index (κ3) is 3.13. The first kappa shape index (κ1) is 11.3. The number of alkyl halides is 1. The zero-order chi connectivity index (χ0) is 10.7. The van der Waals surface area contributed by atoms with E-state index in [1.807, 2.05) is 0 Å². The lowest BCUT2D eigenvalue weighted by atomic mass is 9.91. The summed E-state index contributed by atoms with van der Waals surface area (Å²) in [6, 6.07) is 0. The van der Waals surface area contributed by atoms with Crippen LogP contribution in [-0.4, -0.2) is 54.5 Å². The molecule has 3 nitrogen and oxygen atoms in total. The van der Waals surface area contributed by atoms with E-state index in [1.54, 1.807) is 0 Å². The van der Waals surface area contributed by atoms with Crippen LogP contribution in [0.15, 0.2) is 0 Å². The van der Waals surface area contributed by atoms with Crippen molar-refractivity contribution in [2.45, 2.75) is 37.5 Å². The van der Waals surface area contributed by atoms with Crippen molar-refractivity contribution in [2.24, 2.45) is 0 Å². The molecule has 1 atom stereocenters. The van der Waals surface area contributed by atoms with E-state index in [9.17, 15) is 9.50 Å².